The molecule has 0 saturated heterocycles. The van der Waals surface area contributed by atoms with Gasteiger partial charge in [0.15, 0.2) is 0 Å². The minimum absolute atomic E-state index is 1.12. The van der Waals surface area contributed by atoms with E-state index in [-0.39, 0.29) is 0 Å². The van der Waals surface area contributed by atoms with Gasteiger partial charge in [-0.05, 0) is 11.8 Å². The lowest BCUT2D eigenvalue weighted by Gasteiger charge is -1.77. The molecule has 1 aromatic heterocycles. The fraction of sp³-hybridized carbons (Fsp3) is 0.333. The monoisotopic (exact) mass is 110 g/mol. The zero-order valence-corrected chi connectivity index (χ0v) is 5.01. The minimum atomic E-state index is 1.12. The molecule has 0 aliphatic carbocycles. The second kappa shape index (κ2) is 1.99. The number of rotatable bonds is 1. The lowest BCUT2D eigenvalue weighted by atomic mass is 10.4. The van der Waals surface area contributed by atoms with Crippen LogP contribution in [0.15, 0.2) is 6.07 Å². The highest BCUT2D eigenvalue weighted by atomic mass is 32.1. The fourth-order valence-corrected chi connectivity index (χ4v) is 0.920. The van der Waals surface area contributed by atoms with Crippen LogP contribution in [0.5, 0.6) is 0 Å². The summed E-state index contributed by atoms with van der Waals surface area (Å²) in [7, 11) is 0. The maximum Gasteiger partial charge on any atom is 0.0216 e. The highest BCUT2D eigenvalue weighted by Gasteiger charge is 1.81. The predicted octanol–water partition coefficient (Wildman–Crippen LogP) is 1.91. The lowest BCUT2D eigenvalue weighted by molar-refractivity contribution is 1.19. The van der Waals surface area contributed by atoms with Crippen molar-refractivity contribution in [1.82, 2.24) is 0 Å². The van der Waals surface area contributed by atoms with Crippen molar-refractivity contribution in [2.24, 2.45) is 0 Å². The van der Waals surface area contributed by atoms with E-state index in [1.807, 2.05) is 6.07 Å². The first-order valence-corrected chi connectivity index (χ1v) is 3.11. The van der Waals surface area contributed by atoms with E-state index >= 15 is 0 Å². The molecule has 0 atom stereocenters. The maximum atomic E-state index is 2.90. The van der Waals surface area contributed by atoms with Gasteiger partial charge in [0, 0.05) is 10.9 Å². The zero-order chi connectivity index (χ0) is 5.11. The molecule has 0 N–H and O–H groups in total. The van der Waals surface area contributed by atoms with Crippen molar-refractivity contribution >= 4 is 11.3 Å². The number of hydrogen-bond acceptors (Lipinski definition) is 1. The van der Waals surface area contributed by atoms with Crippen molar-refractivity contribution in [3.8, 4) is 0 Å². The van der Waals surface area contributed by atoms with Crippen LogP contribution >= 0.6 is 11.3 Å². The van der Waals surface area contributed by atoms with E-state index in [0.717, 1.165) is 6.42 Å². The molecule has 0 radical (unpaired) electrons. The quantitative estimate of drug-likeness (QED) is 0.518. The molecule has 0 nitrogen and oxygen atoms in total. The molecule has 1 aromatic rings. The molecule has 0 unspecified atom stereocenters. The van der Waals surface area contributed by atoms with Crippen molar-refractivity contribution in [3.05, 3.63) is 22.4 Å². The topological polar surface area (TPSA) is 0 Å². The molecular formula is C6H6S. The van der Waals surface area contributed by atoms with Gasteiger partial charge in [0.2, 0.25) is 0 Å². The molecule has 1 rings (SSSR count). The van der Waals surface area contributed by atoms with Gasteiger partial charge in [0.1, 0.15) is 0 Å². The molecule has 1 heteroatoms. The standard InChI is InChI=1S/C6H6S/c1-2-6-4-3-5-7-6/h4H,2H2,1H3. The first-order chi connectivity index (χ1) is 3.43. The summed E-state index contributed by atoms with van der Waals surface area (Å²) < 4.78 is 0. The molecular weight excluding hydrogens is 104 g/mol. The van der Waals surface area contributed by atoms with E-state index in [9.17, 15) is 0 Å². The second-order valence-electron chi connectivity index (χ2n) is 1.31. The van der Waals surface area contributed by atoms with Gasteiger partial charge in [-0.25, -0.2) is 0 Å². The van der Waals surface area contributed by atoms with Gasteiger partial charge in [-0.15, -0.1) is 0 Å². The smallest absolute Gasteiger partial charge is 0.0216 e. The molecule has 0 fully saturated rings. The number of aryl methyl sites for hydroxylation is 1. The summed E-state index contributed by atoms with van der Waals surface area (Å²) in [4.78, 5) is 1.36. The molecule has 7 heavy (non-hydrogen) atoms. The average Bonchev–Trinajstić information content (AvgIpc) is 2.14. The van der Waals surface area contributed by atoms with Crippen LogP contribution in [0, 0.1) is 11.4 Å². The Bertz CT molecular complexity index is 119. The van der Waals surface area contributed by atoms with Crippen LogP contribution in [0.25, 0.3) is 0 Å². The highest BCUT2D eigenvalue weighted by molar-refractivity contribution is 7.08. The van der Waals surface area contributed by atoms with Gasteiger partial charge in [-0.3, -0.25) is 0 Å². The highest BCUT2D eigenvalue weighted by Crippen LogP contribution is 2.02. The summed E-state index contributed by atoms with van der Waals surface area (Å²) in [6, 6.07) is 4.85. The Labute approximate surface area is 47.8 Å². The largest absolute Gasteiger partial charge is 0.0883 e. The summed E-state index contributed by atoms with van der Waals surface area (Å²) in [5, 5.41) is 2.90. The molecule has 0 aliphatic heterocycles. The van der Waals surface area contributed by atoms with Gasteiger partial charge in [0.05, 0.1) is 0 Å². The van der Waals surface area contributed by atoms with Gasteiger partial charge in [-0.1, -0.05) is 24.3 Å². The Hall–Kier alpha value is -0.480. The molecule has 0 aliphatic rings. The van der Waals surface area contributed by atoms with Crippen molar-refractivity contribution in [1.29, 1.82) is 0 Å². The number of hydrogen-bond donors (Lipinski definition) is 0. The maximum absolute atomic E-state index is 2.90. The average molecular weight is 110 g/mol. The van der Waals surface area contributed by atoms with Gasteiger partial charge < -0.3 is 0 Å². The van der Waals surface area contributed by atoms with Crippen LogP contribution in [0.1, 0.15) is 11.8 Å². The summed E-state index contributed by atoms with van der Waals surface area (Å²) in [6.45, 7) is 2.13. The van der Waals surface area contributed by atoms with Crippen LogP contribution in [0.2, 0.25) is 0 Å². The Balaban J connectivity index is 2.76. The van der Waals surface area contributed by atoms with Gasteiger partial charge in [0.25, 0.3) is 0 Å². The van der Waals surface area contributed by atoms with Crippen molar-refractivity contribution in [2.75, 3.05) is 0 Å². The third-order valence-corrected chi connectivity index (χ3v) is 1.71. The summed E-state index contributed by atoms with van der Waals surface area (Å²) >= 11 is 1.64. The van der Waals surface area contributed by atoms with E-state index in [2.05, 4.69) is 18.4 Å². The van der Waals surface area contributed by atoms with Crippen LogP contribution in [0.4, 0.5) is 0 Å². The molecule has 0 amide bonds. The van der Waals surface area contributed by atoms with Crippen molar-refractivity contribution in [2.45, 2.75) is 13.3 Å². The van der Waals surface area contributed by atoms with Crippen LogP contribution < -0.4 is 0 Å². The lowest BCUT2D eigenvalue weighted by Crippen LogP contribution is -1.63. The van der Waals surface area contributed by atoms with Gasteiger partial charge in [-0.2, -0.15) is 0 Å². The Morgan fingerprint density at radius 3 is 3.00 bits per heavy atom. The molecule has 1 heterocycles. The molecule has 0 bridgehead atoms. The van der Waals surface area contributed by atoms with E-state index in [0.29, 0.717) is 0 Å². The Morgan fingerprint density at radius 1 is 1.86 bits per heavy atom. The third kappa shape index (κ3) is 0.942. The predicted molar refractivity (Wildman–Crippen MR) is 31.4 cm³/mol. The molecule has 0 aromatic carbocycles. The third-order valence-electron chi connectivity index (χ3n) is 0.823. The van der Waals surface area contributed by atoms with E-state index in [1.54, 1.807) is 11.3 Å². The summed E-state index contributed by atoms with van der Waals surface area (Å²) in [5.74, 6) is 0. The molecule has 0 saturated carbocycles. The van der Waals surface area contributed by atoms with E-state index in [1.165, 1.54) is 4.88 Å². The normalized spacial score (nSPS) is 8.14. The van der Waals surface area contributed by atoms with Crippen LogP contribution in [-0.4, -0.2) is 0 Å². The minimum Gasteiger partial charge on any atom is -0.0883 e. The van der Waals surface area contributed by atoms with Crippen LogP contribution in [-0.2, 0) is 6.42 Å². The van der Waals surface area contributed by atoms with E-state index < -0.39 is 0 Å². The van der Waals surface area contributed by atoms with Crippen molar-refractivity contribution < 1.29 is 0 Å². The molecule has 36 valence electrons. The van der Waals surface area contributed by atoms with E-state index in [4.69, 9.17) is 0 Å². The fourth-order valence-electron chi connectivity index (χ4n) is 0.409. The first kappa shape index (κ1) is 4.67. The Morgan fingerprint density at radius 2 is 2.71 bits per heavy atom. The Kier molecular flexibility index (Phi) is 1.33. The molecule has 0 spiro atoms. The SMILES string of the molecule is CCc1cc#cs1. The summed E-state index contributed by atoms with van der Waals surface area (Å²) in [6.07, 6.45) is 1.12. The second-order valence-corrected chi connectivity index (χ2v) is 2.25. The van der Waals surface area contributed by atoms with Crippen molar-refractivity contribution in [3.63, 3.8) is 0 Å². The summed E-state index contributed by atoms with van der Waals surface area (Å²) in [5.41, 5.74) is 0. The van der Waals surface area contributed by atoms with Gasteiger partial charge >= 0.3 is 0 Å². The zero-order valence-electron chi connectivity index (χ0n) is 4.19. The first-order valence-electron chi connectivity index (χ1n) is 2.30. The van der Waals surface area contributed by atoms with Crippen LogP contribution in [0.3, 0.4) is 0 Å².